The first-order chi connectivity index (χ1) is 16.7. The third-order valence-corrected chi connectivity index (χ3v) is 5.85. The first kappa shape index (κ1) is 23.9. The van der Waals surface area contributed by atoms with Crippen LogP contribution in [-0.2, 0) is 6.54 Å². The van der Waals surface area contributed by atoms with Gasteiger partial charge in [0.05, 0.1) is 58.0 Å². The summed E-state index contributed by atoms with van der Waals surface area (Å²) in [7, 11) is 7.10. The Labute approximate surface area is 199 Å². The number of rotatable bonds is 5. The molecule has 5 rings (SSSR count). The molecule has 3 aromatic rings. The van der Waals surface area contributed by atoms with Crippen LogP contribution in [-0.4, -0.2) is 63.3 Å². The number of pyridine rings is 1. The lowest BCUT2D eigenvalue weighted by atomic mass is 10.0. The predicted molar refractivity (Wildman–Crippen MR) is 122 cm³/mol. The molecule has 2 aromatic carbocycles. The zero-order chi connectivity index (χ0) is 25.4. The highest BCUT2D eigenvalue weighted by atomic mass is 16.7. The van der Waals surface area contributed by atoms with E-state index in [1.807, 2.05) is 14.1 Å². The number of fused-ring (bicyclic) bond motifs is 6. The van der Waals surface area contributed by atoms with E-state index in [0.29, 0.717) is 62.7 Å². The fraction of sp³-hybridized carbons (Fsp3) is 0.292. The van der Waals surface area contributed by atoms with Crippen LogP contribution >= 0.6 is 0 Å². The van der Waals surface area contributed by atoms with Gasteiger partial charge in [0.2, 0.25) is 12.9 Å². The molecule has 0 saturated heterocycles. The van der Waals surface area contributed by atoms with Crippen molar-refractivity contribution in [1.82, 2.24) is 4.57 Å². The molecule has 0 fully saturated rings. The van der Waals surface area contributed by atoms with Crippen molar-refractivity contribution in [2.75, 3.05) is 41.7 Å². The van der Waals surface area contributed by atoms with Gasteiger partial charge in [0.25, 0.3) is 5.56 Å². The van der Waals surface area contributed by atoms with Gasteiger partial charge in [-0.2, -0.15) is 0 Å². The summed E-state index contributed by atoms with van der Waals surface area (Å²) in [6.45, 7) is 1.30. The highest BCUT2D eigenvalue weighted by Gasteiger charge is 2.35. The minimum absolute atomic E-state index is 0.116. The number of methoxy groups -OCH3 is 2. The number of carbonyl (C=O) groups excluding carboxylic acids is 1. The number of ether oxygens (including phenoxy) is 4. The van der Waals surface area contributed by atoms with E-state index in [-0.39, 0.29) is 18.1 Å². The molecule has 2 aliphatic rings. The molecular formula is C24H24N2O9. The molecule has 0 unspecified atom stereocenters. The van der Waals surface area contributed by atoms with Crippen molar-refractivity contribution in [1.29, 1.82) is 0 Å². The van der Waals surface area contributed by atoms with Crippen molar-refractivity contribution in [2.24, 2.45) is 0 Å². The molecule has 0 bridgehead atoms. The molecule has 184 valence electrons. The molecule has 11 heteroatoms. The summed E-state index contributed by atoms with van der Waals surface area (Å²) >= 11 is 0. The zero-order valence-corrected chi connectivity index (χ0v) is 19.6. The molecule has 2 N–H and O–H groups in total. The molecule has 1 aliphatic carbocycles. The normalized spacial score (nSPS) is 12.8. The van der Waals surface area contributed by atoms with Gasteiger partial charge in [-0.15, -0.1) is 0 Å². The van der Waals surface area contributed by atoms with Gasteiger partial charge in [0, 0.05) is 16.5 Å². The van der Waals surface area contributed by atoms with Crippen LogP contribution in [0.15, 0.2) is 29.1 Å². The maximum Gasteiger partial charge on any atom is 0.259 e. The quantitative estimate of drug-likeness (QED) is 0.400. The maximum absolute atomic E-state index is 13.6. The van der Waals surface area contributed by atoms with E-state index >= 15 is 0 Å². The van der Waals surface area contributed by atoms with Crippen molar-refractivity contribution in [2.45, 2.75) is 6.54 Å². The Morgan fingerprint density at radius 3 is 2.11 bits per heavy atom. The average Bonchev–Trinajstić information content (AvgIpc) is 3.38. The number of ketones is 1. The number of aromatic nitrogens is 1. The number of carbonyl (C=O) groups is 2. The van der Waals surface area contributed by atoms with Gasteiger partial charge in [-0.25, -0.2) is 0 Å². The Morgan fingerprint density at radius 2 is 1.57 bits per heavy atom. The second-order valence-electron chi connectivity index (χ2n) is 8.24. The number of quaternary nitrogens is 1. The van der Waals surface area contributed by atoms with Crippen molar-refractivity contribution >= 4 is 22.7 Å². The first-order valence-corrected chi connectivity index (χ1v) is 10.7. The number of nitrogens with one attached hydrogen (secondary N) is 1. The monoisotopic (exact) mass is 484 g/mol. The standard InChI is InChI=1S/C23H22N2O6.CH2O3/c1-24(2)5-6-25-21-13-8-18-19(31-11-30-18)9-14(13)22(26)20(21)12-7-16(28-3)17(29-4)10-15(12)23(25)27;2-1(3)4/h7-10H,5-6,11H2,1-4H3;(H2,2,3,4). The minimum Gasteiger partial charge on any atom is -0.565 e. The van der Waals surface area contributed by atoms with Gasteiger partial charge in [0.15, 0.2) is 28.8 Å². The van der Waals surface area contributed by atoms with Crippen molar-refractivity contribution < 1.29 is 43.6 Å². The maximum atomic E-state index is 13.6. The highest BCUT2D eigenvalue weighted by Crippen LogP contribution is 2.46. The Balaban J connectivity index is 0.000000672. The second-order valence-corrected chi connectivity index (χ2v) is 8.24. The molecule has 1 aromatic heterocycles. The summed E-state index contributed by atoms with van der Waals surface area (Å²) in [6, 6.07) is 6.86. The Kier molecular flexibility index (Phi) is 6.27. The summed E-state index contributed by atoms with van der Waals surface area (Å²) in [6.07, 6.45) is -2.08. The largest absolute Gasteiger partial charge is 0.565 e. The van der Waals surface area contributed by atoms with Crippen molar-refractivity contribution in [3.63, 3.8) is 0 Å². The smallest absolute Gasteiger partial charge is 0.259 e. The summed E-state index contributed by atoms with van der Waals surface area (Å²) in [5.41, 5.74) is 2.13. The molecule has 0 atom stereocenters. The molecule has 0 amide bonds. The molecular weight excluding hydrogens is 460 g/mol. The number of likely N-dealkylation sites (N-methyl/N-ethyl adjacent to an activating group) is 1. The van der Waals surface area contributed by atoms with Crippen molar-refractivity contribution in [3.8, 4) is 34.3 Å². The van der Waals surface area contributed by atoms with Gasteiger partial charge in [-0.3, -0.25) is 9.59 Å². The highest BCUT2D eigenvalue weighted by molar-refractivity contribution is 6.27. The van der Waals surface area contributed by atoms with Gasteiger partial charge < -0.3 is 43.4 Å². The van der Waals surface area contributed by atoms with Crippen LogP contribution in [0.3, 0.4) is 0 Å². The molecule has 0 radical (unpaired) electrons. The van der Waals surface area contributed by atoms with Crippen molar-refractivity contribution in [3.05, 3.63) is 45.7 Å². The fourth-order valence-corrected chi connectivity index (χ4v) is 4.29. The number of hydrogen-bond donors (Lipinski definition) is 2. The van der Waals surface area contributed by atoms with Crippen LogP contribution in [0.4, 0.5) is 4.79 Å². The predicted octanol–water partition coefficient (Wildman–Crippen LogP) is -0.00900. The Hall–Kier alpha value is -4.25. The summed E-state index contributed by atoms with van der Waals surface area (Å²) < 4.78 is 23.6. The lowest BCUT2D eigenvalue weighted by molar-refractivity contribution is -0.858. The third kappa shape index (κ3) is 4.10. The topological polar surface area (TPSA) is 141 Å². The summed E-state index contributed by atoms with van der Waals surface area (Å²) in [5.74, 6) is 1.87. The minimum atomic E-state index is -2.08. The lowest BCUT2D eigenvalue weighted by Gasteiger charge is -2.17. The zero-order valence-electron chi connectivity index (χ0n) is 19.6. The van der Waals surface area contributed by atoms with Gasteiger partial charge >= 0.3 is 0 Å². The molecule has 0 spiro atoms. The van der Waals surface area contributed by atoms with Crippen LogP contribution < -0.4 is 34.5 Å². The van der Waals surface area contributed by atoms with Crippen LogP contribution in [0.1, 0.15) is 15.9 Å². The SMILES string of the molecule is COc1cc2c3c(n(CC[NH+](C)C)c(=O)c2cc1OC)-c1cc2c(cc1C3=O)OCO2.O=C([O-])O. The van der Waals surface area contributed by atoms with Crippen LogP contribution in [0.2, 0.25) is 0 Å². The van der Waals surface area contributed by atoms with E-state index in [2.05, 4.69) is 0 Å². The average molecular weight is 484 g/mol. The van der Waals surface area contributed by atoms with Gasteiger partial charge in [-0.1, -0.05) is 0 Å². The van der Waals surface area contributed by atoms with Crippen LogP contribution in [0.25, 0.3) is 22.0 Å². The fourth-order valence-electron chi connectivity index (χ4n) is 4.29. The number of benzene rings is 2. The van der Waals surface area contributed by atoms with E-state index in [0.717, 1.165) is 6.54 Å². The first-order valence-electron chi connectivity index (χ1n) is 10.7. The molecule has 2 heterocycles. The Morgan fingerprint density at radius 1 is 1.03 bits per heavy atom. The van der Waals surface area contributed by atoms with E-state index in [9.17, 15) is 9.59 Å². The van der Waals surface area contributed by atoms with Crippen LogP contribution in [0.5, 0.6) is 23.0 Å². The molecule has 0 saturated carbocycles. The van der Waals surface area contributed by atoms with E-state index in [4.69, 9.17) is 34.0 Å². The molecule has 1 aliphatic heterocycles. The van der Waals surface area contributed by atoms with Crippen LogP contribution in [0, 0.1) is 0 Å². The third-order valence-electron chi connectivity index (χ3n) is 5.85. The Bertz CT molecular complexity index is 1400. The number of carboxylic acid groups (broad SMARTS) is 2. The van der Waals surface area contributed by atoms with Gasteiger partial charge in [-0.05, 0) is 24.3 Å². The van der Waals surface area contributed by atoms with E-state index < -0.39 is 6.16 Å². The number of hydrogen-bond acceptors (Lipinski definition) is 8. The lowest BCUT2D eigenvalue weighted by Crippen LogP contribution is -3.06. The van der Waals surface area contributed by atoms with E-state index in [1.165, 1.54) is 19.1 Å². The number of nitrogens with zero attached hydrogens (tertiary/aromatic N) is 1. The summed E-state index contributed by atoms with van der Waals surface area (Å²) in [5, 5.41) is 16.3. The molecule has 11 nitrogen and oxygen atoms in total. The second kappa shape index (κ2) is 9.18. The van der Waals surface area contributed by atoms with E-state index in [1.54, 1.807) is 28.8 Å². The summed E-state index contributed by atoms with van der Waals surface area (Å²) in [4.78, 5) is 36.8. The molecule has 35 heavy (non-hydrogen) atoms. The van der Waals surface area contributed by atoms with Gasteiger partial charge in [0.1, 0.15) is 0 Å².